The van der Waals surface area contributed by atoms with E-state index in [1.165, 1.54) is 11.1 Å². The molecule has 6 nitrogen and oxygen atoms in total. The topological polar surface area (TPSA) is 60.9 Å². The molecule has 2 aromatic rings. The Morgan fingerprint density at radius 2 is 1.75 bits per heavy atom. The molecule has 0 amide bonds. The lowest BCUT2D eigenvalue weighted by molar-refractivity contribution is 0.198. The van der Waals surface area contributed by atoms with Crippen molar-refractivity contribution in [2.45, 2.75) is 38.9 Å². The van der Waals surface area contributed by atoms with Crippen LogP contribution in [0.5, 0.6) is 0 Å². The normalized spacial score (nSPS) is 15.1. The zero-order valence-electron chi connectivity index (χ0n) is 19.3. The van der Waals surface area contributed by atoms with Gasteiger partial charge < -0.3 is 20.7 Å². The number of anilines is 1. The Labute approximate surface area is 210 Å². The molecule has 176 valence electrons. The Morgan fingerprint density at radius 1 is 1.03 bits per heavy atom. The molecule has 2 aromatic carbocycles. The lowest BCUT2D eigenvalue weighted by atomic mass is 10.0. The minimum atomic E-state index is 0. The summed E-state index contributed by atoms with van der Waals surface area (Å²) in [6.07, 6.45) is 2.28. The fourth-order valence-electron chi connectivity index (χ4n) is 3.79. The number of ether oxygens (including phenoxy) is 1. The minimum Gasteiger partial charge on any atom is -0.383 e. The quantitative estimate of drug-likeness (QED) is 0.180. The van der Waals surface area contributed by atoms with E-state index in [0.717, 1.165) is 57.2 Å². The summed E-state index contributed by atoms with van der Waals surface area (Å²) in [6, 6.07) is 19.7. The number of aliphatic imine (C=N–C) groups is 1. The molecule has 0 atom stereocenters. The monoisotopic (exact) mass is 551 g/mol. The molecule has 1 aliphatic rings. The van der Waals surface area contributed by atoms with Crippen LogP contribution in [0.4, 0.5) is 5.69 Å². The van der Waals surface area contributed by atoms with Crippen LogP contribution in [0.3, 0.4) is 0 Å². The average Bonchev–Trinajstić information content (AvgIpc) is 2.81. The van der Waals surface area contributed by atoms with Crippen LogP contribution in [0, 0.1) is 0 Å². The summed E-state index contributed by atoms with van der Waals surface area (Å²) in [5, 5.41) is 10.4. The highest BCUT2D eigenvalue weighted by Gasteiger charge is 2.20. The molecule has 0 radical (unpaired) electrons. The van der Waals surface area contributed by atoms with Gasteiger partial charge in [0.15, 0.2) is 5.96 Å². The van der Waals surface area contributed by atoms with Crippen molar-refractivity contribution in [3.05, 3.63) is 65.7 Å². The largest absolute Gasteiger partial charge is 0.383 e. The predicted molar refractivity (Wildman–Crippen MR) is 145 cm³/mol. The van der Waals surface area contributed by atoms with Crippen LogP contribution < -0.4 is 16.0 Å². The van der Waals surface area contributed by atoms with Crippen LogP contribution in [0.25, 0.3) is 0 Å². The van der Waals surface area contributed by atoms with E-state index in [2.05, 4.69) is 82.4 Å². The van der Waals surface area contributed by atoms with Gasteiger partial charge in [0.2, 0.25) is 0 Å². The van der Waals surface area contributed by atoms with Crippen molar-refractivity contribution in [2.24, 2.45) is 4.99 Å². The van der Waals surface area contributed by atoms with Gasteiger partial charge in [-0.25, -0.2) is 4.99 Å². The first-order valence-corrected chi connectivity index (χ1v) is 11.4. The summed E-state index contributed by atoms with van der Waals surface area (Å²) < 4.78 is 5.07. The van der Waals surface area contributed by atoms with Crippen molar-refractivity contribution in [1.82, 2.24) is 15.5 Å². The Morgan fingerprint density at radius 3 is 2.41 bits per heavy atom. The van der Waals surface area contributed by atoms with Gasteiger partial charge in [0.05, 0.1) is 13.2 Å². The van der Waals surface area contributed by atoms with Gasteiger partial charge >= 0.3 is 0 Å². The SMILES string of the molecule is CCNC(=NCc1ccc(NCCOC)cc1)NC1CCN(Cc2ccccc2)CC1.I. The molecule has 3 rings (SSSR count). The molecular weight excluding hydrogens is 513 g/mol. The molecule has 0 saturated carbocycles. The van der Waals surface area contributed by atoms with E-state index in [1.54, 1.807) is 7.11 Å². The van der Waals surface area contributed by atoms with Crippen LogP contribution in [-0.2, 0) is 17.8 Å². The Hall–Kier alpha value is -1.84. The molecule has 1 aliphatic heterocycles. The number of rotatable bonds is 10. The number of halogens is 1. The van der Waals surface area contributed by atoms with Crippen LogP contribution in [0.2, 0.25) is 0 Å². The van der Waals surface area contributed by atoms with Gasteiger partial charge in [-0.15, -0.1) is 24.0 Å². The maximum absolute atomic E-state index is 5.07. The number of nitrogens with zero attached hydrogens (tertiary/aromatic N) is 2. The Balaban J connectivity index is 0.00000363. The molecule has 1 saturated heterocycles. The van der Waals surface area contributed by atoms with Crippen molar-refractivity contribution in [2.75, 3.05) is 45.2 Å². The van der Waals surface area contributed by atoms with Gasteiger partial charge in [-0.3, -0.25) is 4.90 Å². The minimum absolute atomic E-state index is 0. The second-order valence-corrected chi connectivity index (χ2v) is 7.99. The molecule has 0 aromatic heterocycles. The molecule has 7 heteroatoms. The third-order valence-corrected chi connectivity index (χ3v) is 5.53. The molecule has 3 N–H and O–H groups in total. The summed E-state index contributed by atoms with van der Waals surface area (Å²) >= 11 is 0. The van der Waals surface area contributed by atoms with Crippen LogP contribution in [0.1, 0.15) is 30.9 Å². The van der Waals surface area contributed by atoms with Crippen LogP contribution in [0.15, 0.2) is 59.6 Å². The molecule has 1 fully saturated rings. The van der Waals surface area contributed by atoms with E-state index in [4.69, 9.17) is 9.73 Å². The fourth-order valence-corrected chi connectivity index (χ4v) is 3.79. The first kappa shape index (κ1) is 26.4. The molecule has 1 heterocycles. The fraction of sp³-hybridized carbons (Fsp3) is 0.480. The molecule has 0 aliphatic carbocycles. The number of benzene rings is 2. The van der Waals surface area contributed by atoms with Gasteiger partial charge in [0.25, 0.3) is 0 Å². The summed E-state index contributed by atoms with van der Waals surface area (Å²) in [4.78, 5) is 7.35. The van der Waals surface area contributed by atoms with E-state index in [1.807, 2.05) is 0 Å². The summed E-state index contributed by atoms with van der Waals surface area (Å²) in [7, 11) is 1.72. The number of nitrogens with one attached hydrogen (secondary N) is 3. The second kappa shape index (κ2) is 15.1. The van der Waals surface area contributed by atoms with Gasteiger partial charge in [0, 0.05) is 51.6 Å². The second-order valence-electron chi connectivity index (χ2n) is 7.99. The third-order valence-electron chi connectivity index (χ3n) is 5.53. The van der Waals surface area contributed by atoms with Gasteiger partial charge in [-0.2, -0.15) is 0 Å². The Bertz CT molecular complexity index is 777. The molecule has 0 unspecified atom stereocenters. The van der Waals surface area contributed by atoms with Crippen molar-refractivity contribution in [3.8, 4) is 0 Å². The van der Waals surface area contributed by atoms with E-state index < -0.39 is 0 Å². The zero-order valence-corrected chi connectivity index (χ0v) is 21.7. The highest BCUT2D eigenvalue weighted by Crippen LogP contribution is 2.14. The first-order chi connectivity index (χ1) is 15.3. The Kier molecular flexibility index (Phi) is 12.4. The van der Waals surface area contributed by atoms with Gasteiger partial charge in [0.1, 0.15) is 0 Å². The number of hydrogen-bond donors (Lipinski definition) is 3. The smallest absolute Gasteiger partial charge is 0.191 e. The lowest BCUT2D eigenvalue weighted by Crippen LogP contribution is -2.48. The van der Waals surface area contributed by atoms with Gasteiger partial charge in [-0.1, -0.05) is 42.5 Å². The van der Waals surface area contributed by atoms with Crippen molar-refractivity contribution < 1.29 is 4.74 Å². The van der Waals surface area contributed by atoms with Crippen molar-refractivity contribution >= 4 is 35.6 Å². The van der Waals surface area contributed by atoms with Gasteiger partial charge in [-0.05, 0) is 43.0 Å². The first-order valence-electron chi connectivity index (χ1n) is 11.4. The summed E-state index contributed by atoms with van der Waals surface area (Å²) in [5.74, 6) is 0.909. The molecule has 32 heavy (non-hydrogen) atoms. The number of likely N-dealkylation sites (tertiary alicyclic amines) is 1. The number of hydrogen-bond acceptors (Lipinski definition) is 4. The third kappa shape index (κ3) is 9.34. The van der Waals surface area contributed by atoms with E-state index >= 15 is 0 Å². The van der Waals surface area contributed by atoms with Crippen molar-refractivity contribution in [3.63, 3.8) is 0 Å². The van der Waals surface area contributed by atoms with Crippen LogP contribution >= 0.6 is 24.0 Å². The highest BCUT2D eigenvalue weighted by molar-refractivity contribution is 14.0. The maximum atomic E-state index is 5.07. The molecular formula is C25H38IN5O. The summed E-state index contributed by atoms with van der Waals surface area (Å²) in [5.41, 5.74) is 3.70. The number of piperidine rings is 1. The van der Waals surface area contributed by atoms with E-state index in [0.29, 0.717) is 19.2 Å². The highest BCUT2D eigenvalue weighted by atomic mass is 127. The van der Waals surface area contributed by atoms with Crippen LogP contribution in [-0.4, -0.2) is 56.8 Å². The van der Waals surface area contributed by atoms with E-state index in [-0.39, 0.29) is 24.0 Å². The molecule has 0 bridgehead atoms. The predicted octanol–water partition coefficient (Wildman–Crippen LogP) is 4.08. The maximum Gasteiger partial charge on any atom is 0.191 e. The van der Waals surface area contributed by atoms with Crippen molar-refractivity contribution in [1.29, 1.82) is 0 Å². The summed E-state index contributed by atoms with van der Waals surface area (Å²) in [6.45, 7) is 8.42. The molecule has 0 spiro atoms. The zero-order chi connectivity index (χ0) is 21.7. The number of methoxy groups -OCH3 is 1. The lowest BCUT2D eigenvalue weighted by Gasteiger charge is -2.33. The standard InChI is InChI=1S/C25H37N5O.HI/c1-3-26-25(28-19-21-9-11-23(12-10-21)27-15-18-31-2)29-24-13-16-30(17-14-24)20-22-7-5-4-6-8-22;/h4-12,24,27H,3,13-20H2,1-2H3,(H2,26,28,29);1H. The average molecular weight is 552 g/mol. The number of guanidine groups is 1. The van der Waals surface area contributed by atoms with E-state index in [9.17, 15) is 0 Å².